The molecule has 1 aliphatic rings. The molecule has 0 atom stereocenters. The van der Waals surface area contributed by atoms with Crippen LogP contribution < -0.4 is 15.0 Å². The maximum Gasteiger partial charge on any atom is 0.257 e. The number of fused-ring (bicyclic) bond motifs is 1. The minimum atomic E-state index is -0.233. The lowest BCUT2D eigenvalue weighted by Gasteiger charge is -2.27. The first-order chi connectivity index (χ1) is 15.6. The Labute approximate surface area is 188 Å². The number of methoxy groups -OCH3 is 1. The third kappa shape index (κ3) is 3.90. The molecule has 1 aliphatic heterocycles. The molecule has 9 nitrogen and oxygen atoms in total. The predicted molar refractivity (Wildman–Crippen MR) is 124 cm³/mol. The molecule has 10 heteroatoms. The van der Waals surface area contributed by atoms with Crippen LogP contribution in [0.15, 0.2) is 42.9 Å². The molecule has 0 aliphatic carbocycles. The number of nitrogens with zero attached hydrogens (tertiary/aromatic N) is 5. The van der Waals surface area contributed by atoms with Gasteiger partial charge in [-0.15, -0.1) is 0 Å². The summed E-state index contributed by atoms with van der Waals surface area (Å²) in [5.41, 5.74) is 3.20. The predicted octanol–water partition coefficient (Wildman–Crippen LogP) is 3.19. The van der Waals surface area contributed by atoms with Crippen molar-refractivity contribution in [3.05, 3.63) is 48.4 Å². The van der Waals surface area contributed by atoms with E-state index in [1.165, 1.54) is 11.3 Å². The monoisotopic (exact) mass is 450 g/mol. The molecule has 0 spiro atoms. The number of benzene rings is 1. The van der Waals surface area contributed by atoms with E-state index in [4.69, 9.17) is 9.47 Å². The molecule has 0 bridgehead atoms. The van der Waals surface area contributed by atoms with E-state index in [0.717, 1.165) is 34.7 Å². The van der Waals surface area contributed by atoms with Gasteiger partial charge in [-0.1, -0.05) is 11.3 Å². The third-order valence-electron chi connectivity index (χ3n) is 5.31. The van der Waals surface area contributed by atoms with Gasteiger partial charge in [-0.2, -0.15) is 5.10 Å². The van der Waals surface area contributed by atoms with Crippen molar-refractivity contribution in [2.75, 3.05) is 43.6 Å². The summed E-state index contributed by atoms with van der Waals surface area (Å²) < 4.78 is 13.6. The summed E-state index contributed by atoms with van der Waals surface area (Å²) in [6.45, 7) is 2.83. The number of aromatic nitrogens is 4. The third-order valence-corrected chi connectivity index (χ3v) is 6.31. The number of amides is 1. The zero-order valence-electron chi connectivity index (χ0n) is 17.7. The Morgan fingerprint density at radius 1 is 1.25 bits per heavy atom. The van der Waals surface area contributed by atoms with E-state index < -0.39 is 0 Å². The van der Waals surface area contributed by atoms with Crippen LogP contribution >= 0.6 is 11.3 Å². The molecule has 1 aromatic carbocycles. The molecule has 32 heavy (non-hydrogen) atoms. The Bertz CT molecular complexity index is 1280. The van der Waals surface area contributed by atoms with Gasteiger partial charge >= 0.3 is 0 Å². The van der Waals surface area contributed by atoms with Gasteiger partial charge in [0.2, 0.25) is 0 Å². The molecule has 1 saturated heterocycles. The van der Waals surface area contributed by atoms with Gasteiger partial charge < -0.3 is 14.4 Å². The van der Waals surface area contributed by atoms with E-state index in [1.54, 1.807) is 30.1 Å². The van der Waals surface area contributed by atoms with Crippen molar-refractivity contribution in [3.8, 4) is 16.9 Å². The number of ether oxygens (including phenoxy) is 2. The van der Waals surface area contributed by atoms with Crippen molar-refractivity contribution < 1.29 is 14.3 Å². The number of thiazole rings is 1. The van der Waals surface area contributed by atoms with Crippen molar-refractivity contribution in [1.82, 2.24) is 19.7 Å². The largest absolute Gasteiger partial charge is 0.494 e. The molecule has 1 fully saturated rings. The Balaban J connectivity index is 1.45. The van der Waals surface area contributed by atoms with Gasteiger partial charge in [-0.25, -0.2) is 9.97 Å². The lowest BCUT2D eigenvalue weighted by atomic mass is 10.1. The van der Waals surface area contributed by atoms with Crippen LogP contribution in [0.3, 0.4) is 0 Å². The number of hydrogen-bond donors (Lipinski definition) is 1. The van der Waals surface area contributed by atoms with Crippen LogP contribution in [0.25, 0.3) is 21.3 Å². The number of carbonyl (C=O) groups is 1. The minimum absolute atomic E-state index is 0.233. The highest BCUT2D eigenvalue weighted by Crippen LogP contribution is 2.39. The Morgan fingerprint density at radius 3 is 2.84 bits per heavy atom. The lowest BCUT2D eigenvalue weighted by molar-refractivity contribution is 0.102. The lowest BCUT2D eigenvalue weighted by Crippen LogP contribution is -2.36. The van der Waals surface area contributed by atoms with Crippen LogP contribution in [-0.2, 0) is 11.8 Å². The second kappa shape index (κ2) is 8.56. The Kier molecular flexibility index (Phi) is 5.46. The van der Waals surface area contributed by atoms with Crippen molar-refractivity contribution in [3.63, 3.8) is 0 Å². The quantitative estimate of drug-likeness (QED) is 0.499. The average Bonchev–Trinajstić information content (AvgIpc) is 3.45. The topological polar surface area (TPSA) is 94.4 Å². The smallest absolute Gasteiger partial charge is 0.257 e. The fourth-order valence-electron chi connectivity index (χ4n) is 3.68. The number of aryl methyl sites for hydroxylation is 1. The zero-order chi connectivity index (χ0) is 22.1. The molecule has 1 amide bonds. The van der Waals surface area contributed by atoms with Crippen molar-refractivity contribution in [2.45, 2.75) is 0 Å². The number of nitrogens with one attached hydrogen (secondary N) is 1. The van der Waals surface area contributed by atoms with Gasteiger partial charge in [0.05, 0.1) is 31.2 Å². The maximum atomic E-state index is 13.0. The molecule has 0 saturated carbocycles. The summed E-state index contributed by atoms with van der Waals surface area (Å²) >= 11 is 1.41. The van der Waals surface area contributed by atoms with E-state index in [0.29, 0.717) is 35.2 Å². The van der Waals surface area contributed by atoms with Crippen molar-refractivity contribution in [1.29, 1.82) is 0 Å². The van der Waals surface area contributed by atoms with E-state index in [9.17, 15) is 4.79 Å². The van der Waals surface area contributed by atoms with Gasteiger partial charge in [0.25, 0.3) is 5.91 Å². The van der Waals surface area contributed by atoms with Crippen LogP contribution in [0.5, 0.6) is 5.75 Å². The van der Waals surface area contributed by atoms with Crippen molar-refractivity contribution in [2.24, 2.45) is 7.05 Å². The van der Waals surface area contributed by atoms with Crippen LogP contribution in [0.2, 0.25) is 0 Å². The van der Waals surface area contributed by atoms with E-state index in [-0.39, 0.29) is 5.91 Å². The molecule has 4 aromatic rings. The van der Waals surface area contributed by atoms with E-state index in [2.05, 4.69) is 25.3 Å². The number of carbonyl (C=O) groups excluding carboxylic acids is 1. The Hall–Kier alpha value is -3.50. The highest BCUT2D eigenvalue weighted by Gasteiger charge is 2.18. The normalized spacial score (nSPS) is 14.0. The molecule has 4 heterocycles. The van der Waals surface area contributed by atoms with Crippen LogP contribution in [-0.4, -0.2) is 59.1 Å². The molecule has 0 radical (unpaired) electrons. The van der Waals surface area contributed by atoms with Gasteiger partial charge in [0.15, 0.2) is 5.13 Å². The van der Waals surface area contributed by atoms with Crippen LogP contribution in [0.1, 0.15) is 10.4 Å². The molecule has 0 unspecified atom stereocenters. The summed E-state index contributed by atoms with van der Waals surface area (Å²) in [6.07, 6.45) is 5.41. The van der Waals surface area contributed by atoms with Gasteiger partial charge in [-0.05, 0) is 24.3 Å². The summed E-state index contributed by atoms with van der Waals surface area (Å²) in [5, 5.41) is 7.70. The van der Waals surface area contributed by atoms with Gasteiger partial charge in [0, 0.05) is 49.2 Å². The fourth-order valence-corrected chi connectivity index (χ4v) is 4.70. The highest BCUT2D eigenvalue weighted by molar-refractivity contribution is 7.23. The summed E-state index contributed by atoms with van der Waals surface area (Å²) in [5.74, 6) is 1.19. The summed E-state index contributed by atoms with van der Waals surface area (Å²) in [6, 6.07) is 7.37. The zero-order valence-corrected chi connectivity index (χ0v) is 18.6. The number of morpholine rings is 1. The maximum absolute atomic E-state index is 13.0. The number of pyridine rings is 1. The average molecular weight is 451 g/mol. The minimum Gasteiger partial charge on any atom is -0.494 e. The van der Waals surface area contributed by atoms with Crippen LogP contribution in [0, 0.1) is 0 Å². The van der Waals surface area contributed by atoms with E-state index >= 15 is 0 Å². The van der Waals surface area contributed by atoms with Gasteiger partial charge in [-0.3, -0.25) is 14.8 Å². The molecule has 164 valence electrons. The highest BCUT2D eigenvalue weighted by atomic mass is 32.1. The van der Waals surface area contributed by atoms with Crippen LogP contribution in [0.4, 0.5) is 10.9 Å². The number of hydrogen-bond acceptors (Lipinski definition) is 8. The standard InChI is InChI=1S/C22H22N6O3S/c1-27-13-15(12-24-27)16-3-4-17(30-2)19-20(16)32-22(25-19)26-21(29)14-5-6-23-18(11-14)28-7-9-31-10-8-28/h3-6,11-13H,7-10H2,1-2H3,(H,25,26,29). The first-order valence-electron chi connectivity index (χ1n) is 10.2. The molecular weight excluding hydrogens is 428 g/mol. The number of anilines is 2. The number of rotatable bonds is 5. The molecule has 5 rings (SSSR count). The molecule has 3 aromatic heterocycles. The van der Waals surface area contributed by atoms with Gasteiger partial charge in [0.1, 0.15) is 17.1 Å². The summed E-state index contributed by atoms with van der Waals surface area (Å²) in [7, 11) is 3.49. The second-order valence-corrected chi connectivity index (χ2v) is 8.37. The fraction of sp³-hybridized carbons (Fsp3) is 0.273. The first-order valence-corrected chi connectivity index (χ1v) is 11.0. The summed E-state index contributed by atoms with van der Waals surface area (Å²) in [4.78, 5) is 24.1. The first kappa shape index (κ1) is 20.4. The Morgan fingerprint density at radius 2 is 2.09 bits per heavy atom. The van der Waals surface area contributed by atoms with Crippen molar-refractivity contribution >= 4 is 38.4 Å². The molecule has 1 N–H and O–H groups in total. The van der Waals surface area contributed by atoms with E-state index in [1.807, 2.05) is 31.6 Å². The SMILES string of the molecule is COc1ccc(-c2cnn(C)c2)c2sc(NC(=O)c3ccnc(N4CCOCC4)c3)nc12. The molecular formula is C22H22N6O3S. The second-order valence-electron chi connectivity index (χ2n) is 7.37.